The number of nitrogens with two attached hydrogens (primary N) is 1. The van der Waals surface area contributed by atoms with Crippen molar-refractivity contribution in [1.29, 1.82) is 0 Å². The van der Waals surface area contributed by atoms with E-state index < -0.39 is 66.2 Å². The molecule has 2 aromatic carbocycles. The van der Waals surface area contributed by atoms with Crippen LogP contribution in [-0.4, -0.2) is 57.7 Å². The number of nitrogens with zero attached hydrogens (tertiary/aromatic N) is 6. The summed E-state index contributed by atoms with van der Waals surface area (Å²) in [7, 11) is 0. The lowest BCUT2D eigenvalue weighted by Gasteiger charge is -2.37. The van der Waals surface area contributed by atoms with Gasteiger partial charge in [-0.25, -0.2) is 19.5 Å². The van der Waals surface area contributed by atoms with Crippen LogP contribution in [0.2, 0.25) is 5.02 Å². The van der Waals surface area contributed by atoms with Crippen LogP contribution in [0.5, 0.6) is 0 Å². The fraction of sp³-hybridized carbons (Fsp3) is 0.400. The zero-order valence-corrected chi connectivity index (χ0v) is 29.6. The lowest BCUT2D eigenvalue weighted by molar-refractivity contribution is -0.218. The van der Waals surface area contributed by atoms with E-state index in [4.69, 9.17) is 22.1 Å². The topological polar surface area (TPSA) is 130 Å². The Balaban J connectivity index is 1.60. The molecule has 11 nitrogen and oxygen atoms in total. The summed E-state index contributed by atoms with van der Waals surface area (Å²) in [4.78, 5) is 33.2. The molecule has 17 heteroatoms. The fourth-order valence-corrected chi connectivity index (χ4v) is 6.11. The summed E-state index contributed by atoms with van der Waals surface area (Å²) in [6.07, 6.45) is 0.708. The van der Waals surface area contributed by atoms with Gasteiger partial charge in [-0.1, -0.05) is 61.9 Å². The van der Waals surface area contributed by atoms with Gasteiger partial charge in [0.1, 0.15) is 6.61 Å². The minimum atomic E-state index is -4.76. The van der Waals surface area contributed by atoms with Crippen molar-refractivity contribution in [2.75, 3.05) is 11.6 Å². The normalized spacial score (nSPS) is 19.2. The summed E-state index contributed by atoms with van der Waals surface area (Å²) >= 11 is 6.51. The average molecular weight is 749 g/mol. The molecule has 0 bridgehead atoms. The third-order valence-electron chi connectivity index (χ3n) is 9.22. The number of nitrogens with one attached hydrogen (secondary N) is 1. The molecule has 0 saturated heterocycles. The second-order valence-corrected chi connectivity index (χ2v) is 14.0. The van der Waals surface area contributed by atoms with Gasteiger partial charge < -0.3 is 15.8 Å². The van der Waals surface area contributed by atoms with Crippen LogP contribution in [0.4, 0.5) is 32.4 Å². The van der Waals surface area contributed by atoms with E-state index >= 15 is 0 Å². The number of hydrogen-bond donors (Lipinski definition) is 2. The van der Waals surface area contributed by atoms with E-state index in [1.54, 1.807) is 31.3 Å². The van der Waals surface area contributed by atoms with Crippen LogP contribution >= 0.6 is 11.6 Å². The van der Waals surface area contributed by atoms with E-state index in [0.717, 1.165) is 37.8 Å². The number of guanidine groups is 1. The van der Waals surface area contributed by atoms with Crippen LogP contribution in [-0.2, 0) is 15.1 Å². The number of carbonyl (C=O) groups is 2. The van der Waals surface area contributed by atoms with Crippen LogP contribution < -0.4 is 16.1 Å². The highest BCUT2D eigenvalue weighted by molar-refractivity contribution is 6.33. The molecule has 2 heterocycles. The van der Waals surface area contributed by atoms with Gasteiger partial charge >= 0.3 is 18.8 Å². The molecule has 0 radical (unpaired) electrons. The molecule has 1 aliphatic carbocycles. The number of aromatic nitrogens is 2. The Morgan fingerprint density at radius 3 is 2.42 bits per heavy atom. The Morgan fingerprint density at radius 2 is 1.87 bits per heavy atom. The number of aliphatic imine (C=N–C) groups is 1. The molecule has 2 aliphatic rings. The number of amides is 2. The van der Waals surface area contributed by atoms with Gasteiger partial charge in [0.05, 0.1) is 28.4 Å². The summed E-state index contributed by atoms with van der Waals surface area (Å²) in [5.41, 5.74) is 2.86. The van der Waals surface area contributed by atoms with Crippen LogP contribution in [0.1, 0.15) is 70.7 Å². The number of ether oxygens (including phenoxy) is 1. The molecule has 3 N–H and O–H groups in total. The van der Waals surface area contributed by atoms with Gasteiger partial charge in [-0.15, -0.1) is 0 Å². The van der Waals surface area contributed by atoms with Crippen molar-refractivity contribution in [3.8, 4) is 11.1 Å². The first-order valence-electron chi connectivity index (χ1n) is 16.2. The van der Waals surface area contributed by atoms with Gasteiger partial charge in [-0.3, -0.25) is 9.69 Å². The molecular weight excluding hydrogens is 711 g/mol. The highest BCUT2D eigenvalue weighted by Gasteiger charge is 2.59. The first-order valence-corrected chi connectivity index (χ1v) is 16.5. The first kappa shape index (κ1) is 38.2. The highest BCUT2D eigenvalue weighted by atomic mass is 35.5. The highest BCUT2D eigenvalue weighted by Crippen LogP contribution is 2.51. The number of hydrogen-bond acceptors (Lipinski definition) is 8. The van der Waals surface area contributed by atoms with Gasteiger partial charge in [-0.05, 0) is 61.9 Å². The third kappa shape index (κ3) is 7.61. The zero-order valence-electron chi connectivity index (χ0n) is 28.8. The quantitative estimate of drug-likeness (QED) is 0.104. The molecule has 2 atom stereocenters. The largest absolute Gasteiger partial charge is 0.447 e. The Bertz CT molecular complexity index is 1890. The number of carbonyl (C=O) groups excluding carboxylic acids is 2. The number of rotatable bonds is 13. The molecule has 1 aliphatic heterocycles. The van der Waals surface area contributed by atoms with E-state index in [1.165, 1.54) is 41.5 Å². The van der Waals surface area contributed by atoms with Crippen molar-refractivity contribution in [2.45, 2.75) is 76.8 Å². The van der Waals surface area contributed by atoms with Gasteiger partial charge in [0, 0.05) is 30.2 Å². The maximum Gasteiger partial charge on any atom is 0.407 e. The van der Waals surface area contributed by atoms with Crippen LogP contribution in [0.25, 0.3) is 11.1 Å². The zero-order chi connectivity index (χ0) is 38.2. The lowest BCUT2D eigenvalue weighted by Crippen LogP contribution is -2.49. The molecule has 5 rings (SSSR count). The maximum absolute atomic E-state index is 14.9. The Labute approximate surface area is 301 Å². The molecule has 52 heavy (non-hydrogen) atoms. The third-order valence-corrected chi connectivity index (χ3v) is 9.54. The molecule has 1 saturated carbocycles. The number of alkyl carbamates (subject to hydrolysis) is 1. The van der Waals surface area contributed by atoms with Crippen LogP contribution in [0.3, 0.4) is 0 Å². The standard InChI is InChI=1S/C35H38ClF5N8O3/c1-6-15-47(43-5)26-16-22(9-12-25(26)36)27(19-52-31(51)46-33(4)13-14-33)49-28(50)34(45-30(49)42,20-32(2,3)35(39,40)41)24-10-7-21(8-11-24)23-17-44-48(18-23)29(37)38/h6-12,15-18,27,29H,5,13-14,19-20H2,1-4H3,(H2,42,45)(H,46,51)/b15-6-/t27-,34-/m1/s1. The minimum absolute atomic E-state index is 0.0660. The number of benzene rings is 2. The minimum Gasteiger partial charge on any atom is -0.447 e. The average Bonchev–Trinajstić information content (AvgIpc) is 3.48. The number of allylic oxidation sites excluding steroid dienone is 1. The van der Waals surface area contributed by atoms with Gasteiger partial charge in [0.25, 0.3) is 5.91 Å². The predicted octanol–water partition coefficient (Wildman–Crippen LogP) is 7.91. The first-order chi connectivity index (χ1) is 24.3. The SMILES string of the molecule is C=NN(/C=C\C)c1cc([C@@H](COC(=O)NC2(C)CC2)N2C(=O)[C@@](CC(C)(C)C(F)(F)F)(c3ccc(-c4cnn(C(F)F)c4)cc3)N=C2N)ccc1Cl. The predicted molar refractivity (Wildman–Crippen MR) is 187 cm³/mol. The Kier molecular flexibility index (Phi) is 10.4. The molecule has 0 unspecified atom stereocenters. The van der Waals surface area contributed by atoms with E-state index in [9.17, 15) is 31.5 Å². The van der Waals surface area contributed by atoms with Crippen molar-refractivity contribution in [3.63, 3.8) is 0 Å². The van der Waals surface area contributed by atoms with E-state index in [-0.39, 0.29) is 10.6 Å². The Hall–Kier alpha value is -4.99. The molecule has 1 aromatic heterocycles. The molecule has 3 aromatic rings. The summed E-state index contributed by atoms with van der Waals surface area (Å²) in [5.74, 6) is -1.33. The van der Waals surface area contributed by atoms with E-state index in [0.29, 0.717) is 27.1 Å². The van der Waals surface area contributed by atoms with Gasteiger partial charge in [0.2, 0.25) is 0 Å². The molecule has 2 amide bonds. The van der Waals surface area contributed by atoms with E-state index in [2.05, 4.69) is 27.2 Å². The molecular formula is C35H38ClF5N8O3. The van der Waals surface area contributed by atoms with Crippen molar-refractivity contribution < 1.29 is 36.3 Å². The molecule has 0 spiro atoms. The van der Waals surface area contributed by atoms with Crippen molar-refractivity contribution in [1.82, 2.24) is 20.0 Å². The van der Waals surface area contributed by atoms with Gasteiger partial charge in [-0.2, -0.15) is 32.2 Å². The van der Waals surface area contributed by atoms with E-state index in [1.807, 2.05) is 6.92 Å². The summed E-state index contributed by atoms with van der Waals surface area (Å²) in [5, 5.41) is 12.0. The monoisotopic (exact) mass is 748 g/mol. The number of alkyl halides is 5. The number of anilines is 1. The van der Waals surface area contributed by atoms with Gasteiger partial charge in [0.15, 0.2) is 11.5 Å². The van der Waals surface area contributed by atoms with Crippen molar-refractivity contribution in [3.05, 3.63) is 83.3 Å². The fourth-order valence-electron chi connectivity index (χ4n) is 5.91. The molecule has 1 fully saturated rings. The second kappa shape index (κ2) is 14.2. The van der Waals surface area contributed by atoms with Crippen LogP contribution in [0.15, 0.2) is 77.2 Å². The number of halogens is 6. The summed E-state index contributed by atoms with van der Waals surface area (Å²) < 4.78 is 75.9. The smallest absolute Gasteiger partial charge is 0.407 e. The lowest BCUT2D eigenvalue weighted by atomic mass is 9.74. The summed E-state index contributed by atoms with van der Waals surface area (Å²) in [6.45, 7) is 5.72. The maximum atomic E-state index is 14.9. The van der Waals surface area contributed by atoms with Crippen molar-refractivity contribution in [2.24, 2.45) is 21.2 Å². The Morgan fingerprint density at radius 1 is 1.19 bits per heavy atom. The molecule has 278 valence electrons. The van der Waals surface area contributed by atoms with Crippen molar-refractivity contribution >= 4 is 42.0 Å². The van der Waals surface area contributed by atoms with Crippen LogP contribution in [0, 0.1) is 5.41 Å². The summed E-state index contributed by atoms with van der Waals surface area (Å²) in [6, 6.07) is 9.20. The number of hydrazone groups is 1. The second-order valence-electron chi connectivity index (χ2n) is 13.6.